The highest BCUT2D eigenvalue weighted by atomic mass is 35.5. The van der Waals surface area contributed by atoms with Crippen molar-refractivity contribution in [1.29, 1.82) is 0 Å². The van der Waals surface area contributed by atoms with Gasteiger partial charge in [0.15, 0.2) is 0 Å². The third kappa shape index (κ3) is 6.21. The molecule has 1 aromatic carbocycles. The molecule has 2 N–H and O–H groups in total. The molecule has 174 valence electrons. The molecular weight excluding hydrogens is 449 g/mol. The molecule has 6 nitrogen and oxygen atoms in total. The lowest BCUT2D eigenvalue weighted by Crippen LogP contribution is -2.48. The van der Waals surface area contributed by atoms with E-state index in [0.717, 1.165) is 31.2 Å². The number of aromatic nitrogens is 1. The first kappa shape index (κ1) is 26.1. The molecule has 1 heterocycles. The molecule has 2 aromatic rings. The average Bonchev–Trinajstić information content (AvgIpc) is 2.80. The van der Waals surface area contributed by atoms with E-state index in [9.17, 15) is 9.59 Å². The van der Waals surface area contributed by atoms with Crippen LogP contribution < -0.4 is 5.73 Å². The van der Waals surface area contributed by atoms with Crippen LogP contribution in [0.25, 0.3) is 0 Å². The number of amides is 1. The predicted octanol–water partition coefficient (Wildman–Crippen LogP) is 4.39. The minimum Gasteiger partial charge on any atom is -0.466 e. The second kappa shape index (κ2) is 12.2. The number of ether oxygens (including phenoxy) is 1. The van der Waals surface area contributed by atoms with Crippen molar-refractivity contribution in [1.82, 2.24) is 9.88 Å². The molecule has 0 saturated heterocycles. The van der Waals surface area contributed by atoms with Gasteiger partial charge in [-0.05, 0) is 62.4 Å². The molecule has 0 bridgehead atoms. The zero-order valence-electron chi connectivity index (χ0n) is 18.3. The van der Waals surface area contributed by atoms with Gasteiger partial charge in [0.1, 0.15) is 0 Å². The molecule has 0 unspecified atom stereocenters. The molecule has 3 rings (SSSR count). The van der Waals surface area contributed by atoms with E-state index < -0.39 is 0 Å². The number of carbonyl (C=O) groups excluding carboxylic acids is 2. The van der Waals surface area contributed by atoms with E-state index in [2.05, 4.69) is 11.1 Å². The molecule has 0 atom stereocenters. The fourth-order valence-corrected chi connectivity index (χ4v) is 4.64. The Hall–Kier alpha value is -2.15. The summed E-state index contributed by atoms with van der Waals surface area (Å²) in [5, 5.41) is 0.704. The van der Waals surface area contributed by atoms with Crippen LogP contribution >= 0.6 is 24.0 Å². The van der Waals surface area contributed by atoms with Gasteiger partial charge in [-0.1, -0.05) is 23.7 Å². The van der Waals surface area contributed by atoms with Crippen LogP contribution in [-0.4, -0.2) is 47.5 Å². The maximum Gasteiger partial charge on any atom is 0.307 e. The first-order valence-electron chi connectivity index (χ1n) is 10.8. The van der Waals surface area contributed by atoms with E-state index in [-0.39, 0.29) is 42.2 Å². The van der Waals surface area contributed by atoms with E-state index in [4.69, 9.17) is 22.1 Å². The summed E-state index contributed by atoms with van der Waals surface area (Å²) in [6.07, 6.45) is 6.69. The van der Waals surface area contributed by atoms with Crippen LogP contribution in [0.1, 0.15) is 54.9 Å². The summed E-state index contributed by atoms with van der Waals surface area (Å²) in [5.41, 5.74) is 7.76. The van der Waals surface area contributed by atoms with E-state index in [1.165, 1.54) is 0 Å². The average molecular weight is 480 g/mol. The topological polar surface area (TPSA) is 85.5 Å². The number of halogens is 2. The number of carbonyl (C=O) groups is 2. The van der Waals surface area contributed by atoms with Crippen LogP contribution in [0.2, 0.25) is 5.02 Å². The van der Waals surface area contributed by atoms with Crippen LogP contribution in [0.4, 0.5) is 0 Å². The summed E-state index contributed by atoms with van der Waals surface area (Å²) in [4.78, 5) is 31.1. The van der Waals surface area contributed by atoms with Crippen molar-refractivity contribution in [3.05, 3.63) is 64.9 Å². The third-order valence-corrected chi connectivity index (χ3v) is 6.45. The number of esters is 1. The minimum absolute atomic E-state index is 0. The van der Waals surface area contributed by atoms with Crippen molar-refractivity contribution in [2.45, 2.75) is 50.5 Å². The second-order valence-corrected chi connectivity index (χ2v) is 8.46. The van der Waals surface area contributed by atoms with Crippen LogP contribution in [0.15, 0.2) is 48.8 Å². The van der Waals surface area contributed by atoms with Gasteiger partial charge in [0.2, 0.25) is 0 Å². The van der Waals surface area contributed by atoms with Gasteiger partial charge in [0.05, 0.1) is 18.6 Å². The monoisotopic (exact) mass is 479 g/mol. The van der Waals surface area contributed by atoms with Gasteiger partial charge < -0.3 is 15.4 Å². The van der Waals surface area contributed by atoms with Gasteiger partial charge >= 0.3 is 5.97 Å². The summed E-state index contributed by atoms with van der Waals surface area (Å²) in [6.45, 7) is 2.96. The number of benzene rings is 1. The van der Waals surface area contributed by atoms with Crippen molar-refractivity contribution in [3.8, 4) is 0 Å². The molecule has 1 fully saturated rings. The lowest BCUT2D eigenvalue weighted by Gasteiger charge is -2.43. The molecule has 1 aromatic heterocycles. The quantitative estimate of drug-likeness (QED) is 0.567. The standard InChI is InChI=1S/C24H30ClN3O3.ClH/c1-2-31-22(29)10-14-28(23(30)18-5-4-13-27-16-18)21-8-11-24(17-26,12-9-21)19-6-3-7-20(25)15-19;/h3-7,13,15-16,21H,2,8-12,14,17,26H2,1H3;1H. The molecule has 1 saturated carbocycles. The minimum atomic E-state index is -0.294. The first-order chi connectivity index (χ1) is 15.0. The molecule has 1 amide bonds. The molecular formula is C24H31Cl2N3O3. The lowest BCUT2D eigenvalue weighted by atomic mass is 9.68. The Morgan fingerprint density at radius 1 is 1.25 bits per heavy atom. The van der Waals surface area contributed by atoms with Crippen molar-refractivity contribution in [2.24, 2.45) is 5.73 Å². The van der Waals surface area contributed by atoms with Crippen LogP contribution in [0, 0.1) is 0 Å². The Balaban J connectivity index is 0.00000363. The zero-order chi connectivity index (χ0) is 22.3. The zero-order valence-corrected chi connectivity index (χ0v) is 19.9. The van der Waals surface area contributed by atoms with Gasteiger partial charge in [0.25, 0.3) is 5.91 Å². The van der Waals surface area contributed by atoms with Crippen LogP contribution in [0.5, 0.6) is 0 Å². The van der Waals surface area contributed by atoms with Crippen molar-refractivity contribution in [2.75, 3.05) is 19.7 Å². The third-order valence-electron chi connectivity index (χ3n) is 6.21. The highest BCUT2D eigenvalue weighted by Gasteiger charge is 2.38. The summed E-state index contributed by atoms with van der Waals surface area (Å²) >= 11 is 6.22. The van der Waals surface area contributed by atoms with E-state index in [1.54, 1.807) is 31.5 Å². The summed E-state index contributed by atoms with van der Waals surface area (Å²) in [5.74, 6) is -0.400. The predicted molar refractivity (Wildman–Crippen MR) is 128 cm³/mol. The number of rotatable bonds is 8. The van der Waals surface area contributed by atoms with Gasteiger partial charge in [-0.3, -0.25) is 14.6 Å². The Morgan fingerprint density at radius 2 is 2.00 bits per heavy atom. The molecule has 0 spiro atoms. The van der Waals surface area contributed by atoms with Crippen LogP contribution in [0.3, 0.4) is 0 Å². The number of hydrogen-bond acceptors (Lipinski definition) is 5. The van der Waals surface area contributed by atoms with E-state index >= 15 is 0 Å². The normalized spacial score (nSPS) is 20.2. The number of nitrogens with two attached hydrogens (primary N) is 1. The van der Waals surface area contributed by atoms with Crippen LogP contribution in [-0.2, 0) is 14.9 Å². The Morgan fingerprint density at radius 3 is 2.59 bits per heavy atom. The summed E-state index contributed by atoms with van der Waals surface area (Å²) < 4.78 is 5.07. The van der Waals surface area contributed by atoms with Crippen molar-refractivity contribution >= 4 is 35.9 Å². The molecule has 0 aliphatic heterocycles. The maximum absolute atomic E-state index is 13.3. The highest BCUT2D eigenvalue weighted by Crippen LogP contribution is 2.41. The maximum atomic E-state index is 13.3. The molecule has 32 heavy (non-hydrogen) atoms. The van der Waals surface area contributed by atoms with Gasteiger partial charge in [-0.15, -0.1) is 12.4 Å². The molecule has 1 aliphatic carbocycles. The van der Waals surface area contributed by atoms with Crippen molar-refractivity contribution < 1.29 is 14.3 Å². The van der Waals surface area contributed by atoms with E-state index in [0.29, 0.717) is 30.3 Å². The second-order valence-electron chi connectivity index (χ2n) is 8.02. The number of pyridine rings is 1. The number of nitrogens with zero attached hydrogens (tertiary/aromatic N) is 2. The SMILES string of the molecule is CCOC(=O)CCN(C(=O)c1cccnc1)C1CCC(CN)(c2cccc(Cl)c2)CC1.Cl. The lowest BCUT2D eigenvalue weighted by molar-refractivity contribution is -0.143. The fourth-order valence-electron chi connectivity index (χ4n) is 4.45. The largest absolute Gasteiger partial charge is 0.466 e. The van der Waals surface area contributed by atoms with E-state index in [1.807, 2.05) is 23.1 Å². The number of hydrogen-bond donors (Lipinski definition) is 1. The fraction of sp³-hybridized carbons (Fsp3) is 0.458. The Labute approximate surface area is 200 Å². The smallest absolute Gasteiger partial charge is 0.307 e. The van der Waals surface area contributed by atoms with Gasteiger partial charge in [-0.2, -0.15) is 0 Å². The van der Waals surface area contributed by atoms with Gasteiger partial charge in [-0.25, -0.2) is 0 Å². The molecule has 1 aliphatic rings. The van der Waals surface area contributed by atoms with Gasteiger partial charge in [0, 0.05) is 42.0 Å². The van der Waals surface area contributed by atoms with Crippen molar-refractivity contribution in [3.63, 3.8) is 0 Å². The molecule has 8 heteroatoms. The highest BCUT2D eigenvalue weighted by molar-refractivity contribution is 6.30. The Kier molecular flexibility index (Phi) is 9.94. The summed E-state index contributed by atoms with van der Waals surface area (Å²) in [7, 11) is 0. The Bertz CT molecular complexity index is 887. The first-order valence-corrected chi connectivity index (χ1v) is 11.2. The molecule has 0 radical (unpaired) electrons. The summed E-state index contributed by atoms with van der Waals surface area (Å²) in [6, 6.07) is 11.4.